The van der Waals surface area contributed by atoms with Crippen LogP contribution >= 0.6 is 0 Å². The number of hydrogen-bond donors (Lipinski definition) is 2. The third kappa shape index (κ3) is 3.95. The molecular formula is C14H27N3O. The summed E-state index contributed by atoms with van der Waals surface area (Å²) in [6.45, 7) is 8.13. The lowest BCUT2D eigenvalue weighted by Gasteiger charge is -2.27. The third-order valence-corrected chi connectivity index (χ3v) is 4.20. The Hall–Kier alpha value is -0.610. The Morgan fingerprint density at radius 1 is 1.33 bits per heavy atom. The summed E-state index contributed by atoms with van der Waals surface area (Å²) >= 11 is 0. The van der Waals surface area contributed by atoms with Gasteiger partial charge in [-0.25, -0.2) is 0 Å². The van der Waals surface area contributed by atoms with Crippen molar-refractivity contribution in [1.82, 2.24) is 15.5 Å². The largest absolute Gasteiger partial charge is 0.355 e. The van der Waals surface area contributed by atoms with E-state index in [1.807, 2.05) is 0 Å². The molecule has 104 valence electrons. The highest BCUT2D eigenvalue weighted by atomic mass is 16.1. The van der Waals surface area contributed by atoms with Crippen LogP contribution in [-0.4, -0.2) is 49.1 Å². The second-order valence-corrected chi connectivity index (χ2v) is 5.73. The van der Waals surface area contributed by atoms with E-state index in [1.54, 1.807) is 0 Å². The summed E-state index contributed by atoms with van der Waals surface area (Å²) < 4.78 is 0. The van der Waals surface area contributed by atoms with Crippen molar-refractivity contribution in [1.29, 1.82) is 0 Å². The van der Waals surface area contributed by atoms with Gasteiger partial charge in [-0.3, -0.25) is 9.69 Å². The molecule has 2 unspecified atom stereocenters. The average Bonchev–Trinajstić information content (AvgIpc) is 3.19. The molecule has 1 aliphatic carbocycles. The highest BCUT2D eigenvalue weighted by Gasteiger charge is 2.28. The van der Waals surface area contributed by atoms with Crippen LogP contribution in [0.2, 0.25) is 0 Å². The molecule has 2 N–H and O–H groups in total. The zero-order valence-corrected chi connectivity index (χ0v) is 11.7. The van der Waals surface area contributed by atoms with Crippen molar-refractivity contribution >= 4 is 5.91 Å². The fourth-order valence-electron chi connectivity index (χ4n) is 2.73. The third-order valence-electron chi connectivity index (χ3n) is 4.20. The zero-order valence-electron chi connectivity index (χ0n) is 11.7. The van der Waals surface area contributed by atoms with Gasteiger partial charge in [0.25, 0.3) is 0 Å². The molecular weight excluding hydrogens is 226 g/mol. The minimum Gasteiger partial charge on any atom is -0.355 e. The molecule has 2 fully saturated rings. The Labute approximate surface area is 110 Å². The number of carbonyl (C=O) groups is 1. The van der Waals surface area contributed by atoms with Crippen molar-refractivity contribution in [3.63, 3.8) is 0 Å². The van der Waals surface area contributed by atoms with Gasteiger partial charge in [0.05, 0.1) is 5.92 Å². The summed E-state index contributed by atoms with van der Waals surface area (Å²) in [5.41, 5.74) is 0. The number of amides is 1. The molecule has 1 amide bonds. The Kier molecular flexibility index (Phi) is 5.01. The first-order chi connectivity index (χ1) is 8.70. The summed E-state index contributed by atoms with van der Waals surface area (Å²) in [7, 11) is 0. The molecule has 18 heavy (non-hydrogen) atoms. The average molecular weight is 253 g/mol. The molecule has 0 aromatic carbocycles. The predicted octanol–water partition coefficient (Wildman–Crippen LogP) is 0.975. The van der Waals surface area contributed by atoms with Crippen LogP contribution in [-0.2, 0) is 4.79 Å². The minimum atomic E-state index is 0.178. The molecule has 0 aromatic rings. The molecule has 4 nitrogen and oxygen atoms in total. The molecule has 0 aromatic heterocycles. The predicted molar refractivity (Wildman–Crippen MR) is 73.5 cm³/mol. The molecule has 1 saturated heterocycles. The molecule has 1 saturated carbocycles. The second-order valence-electron chi connectivity index (χ2n) is 5.73. The fourth-order valence-corrected chi connectivity index (χ4v) is 2.73. The van der Waals surface area contributed by atoms with E-state index in [9.17, 15) is 4.79 Å². The van der Waals surface area contributed by atoms with E-state index in [1.165, 1.54) is 12.8 Å². The van der Waals surface area contributed by atoms with E-state index < -0.39 is 0 Å². The zero-order chi connectivity index (χ0) is 13.0. The fraction of sp³-hybridized carbons (Fsp3) is 0.929. The van der Waals surface area contributed by atoms with Crippen LogP contribution in [0.25, 0.3) is 0 Å². The first-order valence-corrected chi connectivity index (χ1v) is 7.45. The van der Waals surface area contributed by atoms with Gasteiger partial charge in [0.15, 0.2) is 0 Å². The molecule has 0 bridgehead atoms. The highest BCUT2D eigenvalue weighted by Crippen LogP contribution is 2.25. The topological polar surface area (TPSA) is 44.4 Å². The van der Waals surface area contributed by atoms with Crippen LogP contribution in [0.3, 0.4) is 0 Å². The van der Waals surface area contributed by atoms with Crippen molar-refractivity contribution < 1.29 is 4.79 Å². The lowest BCUT2D eigenvalue weighted by atomic mass is 9.95. The molecule has 4 heteroatoms. The van der Waals surface area contributed by atoms with Gasteiger partial charge in [0.1, 0.15) is 0 Å². The van der Waals surface area contributed by atoms with Gasteiger partial charge in [-0.1, -0.05) is 6.92 Å². The van der Waals surface area contributed by atoms with Crippen LogP contribution in [0.5, 0.6) is 0 Å². The first-order valence-electron chi connectivity index (χ1n) is 7.45. The van der Waals surface area contributed by atoms with Crippen molar-refractivity contribution in [3.8, 4) is 0 Å². The lowest BCUT2D eigenvalue weighted by molar-refractivity contribution is -0.125. The van der Waals surface area contributed by atoms with Crippen molar-refractivity contribution in [2.75, 3.05) is 26.2 Å². The summed E-state index contributed by atoms with van der Waals surface area (Å²) in [5, 5.41) is 6.47. The summed E-state index contributed by atoms with van der Waals surface area (Å²) in [4.78, 5) is 14.5. The second kappa shape index (κ2) is 6.53. The quantitative estimate of drug-likeness (QED) is 0.741. The van der Waals surface area contributed by atoms with E-state index in [0.29, 0.717) is 6.04 Å². The summed E-state index contributed by atoms with van der Waals surface area (Å²) in [6, 6.07) is 1.36. The van der Waals surface area contributed by atoms with E-state index in [4.69, 9.17) is 0 Å². The standard InChI is InChI=1S/C14H27N3O/c1-3-17(13-6-7-13)9-8-15-14(18)12-5-4-11(2)16-10-12/h11-13,16H,3-10H2,1-2H3,(H,15,18). The van der Waals surface area contributed by atoms with Gasteiger partial charge in [0, 0.05) is 31.7 Å². The lowest BCUT2D eigenvalue weighted by Crippen LogP contribution is -2.45. The van der Waals surface area contributed by atoms with Crippen molar-refractivity contribution in [2.24, 2.45) is 5.92 Å². The Morgan fingerprint density at radius 2 is 2.11 bits per heavy atom. The molecule has 0 spiro atoms. The van der Waals surface area contributed by atoms with Crippen LogP contribution in [0.1, 0.15) is 39.5 Å². The SMILES string of the molecule is CCN(CCNC(=O)C1CCC(C)NC1)C1CC1. The van der Waals surface area contributed by atoms with Crippen molar-refractivity contribution in [2.45, 2.75) is 51.6 Å². The van der Waals surface area contributed by atoms with Crippen LogP contribution in [0.4, 0.5) is 0 Å². The summed E-state index contributed by atoms with van der Waals surface area (Å²) in [6.07, 6.45) is 4.82. The maximum atomic E-state index is 12.0. The van der Waals surface area contributed by atoms with E-state index in [0.717, 1.165) is 45.1 Å². The number of hydrogen-bond acceptors (Lipinski definition) is 3. The molecule has 1 heterocycles. The first kappa shape index (κ1) is 13.8. The maximum absolute atomic E-state index is 12.0. The molecule has 0 radical (unpaired) electrons. The van der Waals surface area contributed by atoms with Crippen LogP contribution in [0, 0.1) is 5.92 Å². The Balaban J connectivity index is 1.62. The van der Waals surface area contributed by atoms with Gasteiger partial charge in [0.2, 0.25) is 5.91 Å². The molecule has 2 rings (SSSR count). The number of nitrogens with one attached hydrogen (secondary N) is 2. The number of piperidine rings is 1. The Morgan fingerprint density at radius 3 is 2.67 bits per heavy atom. The van der Waals surface area contributed by atoms with Gasteiger partial charge in [-0.2, -0.15) is 0 Å². The molecule has 2 aliphatic rings. The molecule has 2 atom stereocenters. The monoisotopic (exact) mass is 253 g/mol. The number of likely N-dealkylation sites (N-methyl/N-ethyl adjacent to an activating group) is 1. The van der Waals surface area contributed by atoms with Crippen molar-refractivity contribution in [3.05, 3.63) is 0 Å². The van der Waals surface area contributed by atoms with Crippen LogP contribution < -0.4 is 10.6 Å². The van der Waals surface area contributed by atoms with E-state index in [2.05, 4.69) is 29.4 Å². The minimum absolute atomic E-state index is 0.178. The highest BCUT2D eigenvalue weighted by molar-refractivity contribution is 5.78. The normalized spacial score (nSPS) is 28.4. The number of nitrogens with zero attached hydrogens (tertiary/aromatic N) is 1. The van der Waals surface area contributed by atoms with Crippen LogP contribution in [0.15, 0.2) is 0 Å². The number of carbonyl (C=O) groups excluding carboxylic acids is 1. The molecule has 1 aliphatic heterocycles. The van der Waals surface area contributed by atoms with Gasteiger partial charge >= 0.3 is 0 Å². The van der Waals surface area contributed by atoms with Gasteiger partial charge in [-0.05, 0) is 39.2 Å². The maximum Gasteiger partial charge on any atom is 0.224 e. The Bertz CT molecular complexity index is 270. The smallest absolute Gasteiger partial charge is 0.224 e. The van der Waals surface area contributed by atoms with Gasteiger partial charge in [-0.15, -0.1) is 0 Å². The van der Waals surface area contributed by atoms with E-state index in [-0.39, 0.29) is 11.8 Å². The van der Waals surface area contributed by atoms with E-state index >= 15 is 0 Å². The number of rotatable bonds is 6. The van der Waals surface area contributed by atoms with Gasteiger partial charge < -0.3 is 10.6 Å². The summed E-state index contributed by atoms with van der Waals surface area (Å²) in [5.74, 6) is 0.415.